The summed E-state index contributed by atoms with van der Waals surface area (Å²) in [5.41, 5.74) is 1.91. The van der Waals surface area contributed by atoms with Crippen molar-refractivity contribution in [1.82, 2.24) is 0 Å². The number of carbonyl (C=O) groups excluding carboxylic acids is 1. The number of phenolic OH excluding ortho intramolecular Hbond substituents is 2. The predicted molar refractivity (Wildman–Crippen MR) is 102 cm³/mol. The first kappa shape index (κ1) is 19.3. The van der Waals surface area contributed by atoms with E-state index in [4.69, 9.17) is 0 Å². The summed E-state index contributed by atoms with van der Waals surface area (Å²) in [6, 6.07) is 16.4. The quantitative estimate of drug-likeness (QED) is 0.296. The van der Waals surface area contributed by atoms with E-state index in [2.05, 4.69) is 12.1 Å². The van der Waals surface area contributed by atoms with Gasteiger partial charge in [0.2, 0.25) is 0 Å². The minimum absolute atomic E-state index is 0.0689. The van der Waals surface area contributed by atoms with Crippen molar-refractivity contribution < 1.29 is 15.0 Å². The fourth-order valence-corrected chi connectivity index (χ4v) is 2.72. The Kier molecular flexibility index (Phi) is 7.45. The number of hydrogen-bond acceptors (Lipinski definition) is 4. The second-order valence-corrected chi connectivity index (χ2v) is 6.24. The van der Waals surface area contributed by atoms with E-state index >= 15 is 0 Å². The van der Waals surface area contributed by atoms with Crippen molar-refractivity contribution in [2.75, 3.05) is 0 Å². The number of phenols is 2. The maximum Gasteiger partial charge on any atom is 0.173 e. The summed E-state index contributed by atoms with van der Waals surface area (Å²) in [5, 5.41) is 28.0. The van der Waals surface area contributed by atoms with Crippen LogP contribution in [0.25, 0.3) is 6.08 Å². The second-order valence-electron chi connectivity index (χ2n) is 6.24. The van der Waals surface area contributed by atoms with Crippen LogP contribution in [0, 0.1) is 11.3 Å². The number of aryl methyl sites for hydroxylation is 1. The van der Waals surface area contributed by atoms with Crippen molar-refractivity contribution in [3.63, 3.8) is 0 Å². The van der Waals surface area contributed by atoms with Crippen LogP contribution in [0.3, 0.4) is 0 Å². The van der Waals surface area contributed by atoms with E-state index in [1.165, 1.54) is 23.8 Å². The average Bonchev–Trinajstić information content (AvgIpc) is 2.66. The number of benzene rings is 2. The highest BCUT2D eigenvalue weighted by molar-refractivity contribution is 6.03. The molecule has 2 rings (SSSR count). The van der Waals surface area contributed by atoms with E-state index in [9.17, 15) is 20.3 Å². The normalized spacial score (nSPS) is 11.1. The van der Waals surface area contributed by atoms with E-state index in [0.29, 0.717) is 12.0 Å². The Balaban J connectivity index is 1.75. The standard InChI is InChI=1S/C22H23NO3/c23-16-19(14-18-12-13-21(25)22(26)15-18)20(24)11-7-2-1-4-8-17-9-5-3-6-10-17/h3,5-6,9-10,12-15,25-26H,1-2,4,7-8,11H2/b19-14+. The van der Waals surface area contributed by atoms with Gasteiger partial charge >= 0.3 is 0 Å². The van der Waals surface area contributed by atoms with Gasteiger partial charge in [-0.3, -0.25) is 4.79 Å². The Bertz CT molecular complexity index is 804. The summed E-state index contributed by atoms with van der Waals surface area (Å²) in [7, 11) is 0. The topological polar surface area (TPSA) is 81.3 Å². The molecule has 0 aliphatic heterocycles. The molecule has 0 unspecified atom stereocenters. The molecule has 2 N–H and O–H groups in total. The van der Waals surface area contributed by atoms with Crippen molar-refractivity contribution in [2.24, 2.45) is 0 Å². The fourth-order valence-electron chi connectivity index (χ4n) is 2.72. The molecule has 134 valence electrons. The monoisotopic (exact) mass is 349 g/mol. The number of rotatable bonds is 9. The summed E-state index contributed by atoms with van der Waals surface area (Å²) in [5.74, 6) is -0.701. The summed E-state index contributed by atoms with van der Waals surface area (Å²) in [6.07, 6.45) is 6.68. The minimum atomic E-state index is -0.276. The molecule has 0 atom stereocenters. The Morgan fingerprint density at radius 3 is 2.38 bits per heavy atom. The van der Waals surface area contributed by atoms with E-state index in [1.807, 2.05) is 24.3 Å². The van der Waals surface area contributed by atoms with Crippen molar-refractivity contribution in [1.29, 1.82) is 5.26 Å². The highest BCUT2D eigenvalue weighted by Crippen LogP contribution is 2.26. The van der Waals surface area contributed by atoms with Gasteiger partial charge in [-0.2, -0.15) is 5.26 Å². The van der Waals surface area contributed by atoms with E-state index in [-0.39, 0.29) is 22.9 Å². The van der Waals surface area contributed by atoms with Crippen LogP contribution in [0.15, 0.2) is 54.1 Å². The minimum Gasteiger partial charge on any atom is -0.504 e. The lowest BCUT2D eigenvalue weighted by Gasteiger charge is -2.03. The molecule has 0 heterocycles. The fraction of sp³-hybridized carbons (Fsp3) is 0.273. The van der Waals surface area contributed by atoms with Crippen LogP contribution in [0.1, 0.15) is 43.2 Å². The summed E-state index contributed by atoms with van der Waals surface area (Å²) < 4.78 is 0. The zero-order valence-electron chi connectivity index (χ0n) is 14.7. The Labute approximate surface area is 154 Å². The van der Waals surface area contributed by atoms with Crippen LogP contribution in [-0.2, 0) is 11.2 Å². The molecule has 4 nitrogen and oxygen atoms in total. The van der Waals surface area contributed by atoms with Gasteiger partial charge in [-0.25, -0.2) is 0 Å². The number of nitrogens with zero attached hydrogens (tertiary/aromatic N) is 1. The van der Waals surface area contributed by atoms with Crippen molar-refractivity contribution >= 4 is 11.9 Å². The third-order valence-electron chi connectivity index (χ3n) is 4.19. The number of ketones is 1. The first-order valence-corrected chi connectivity index (χ1v) is 8.81. The highest BCUT2D eigenvalue weighted by atomic mass is 16.3. The zero-order chi connectivity index (χ0) is 18.8. The van der Waals surface area contributed by atoms with Crippen molar-refractivity contribution in [3.8, 4) is 17.6 Å². The maximum absolute atomic E-state index is 12.2. The Morgan fingerprint density at radius 2 is 1.69 bits per heavy atom. The van der Waals surface area contributed by atoms with Gasteiger partial charge in [0, 0.05) is 6.42 Å². The first-order valence-electron chi connectivity index (χ1n) is 8.81. The molecule has 2 aromatic rings. The van der Waals surface area contributed by atoms with Crippen molar-refractivity contribution in [3.05, 3.63) is 65.2 Å². The van der Waals surface area contributed by atoms with Crippen LogP contribution in [-0.4, -0.2) is 16.0 Å². The molecule has 0 saturated carbocycles. The van der Waals surface area contributed by atoms with E-state index in [1.54, 1.807) is 6.07 Å². The molecule has 0 amide bonds. The van der Waals surface area contributed by atoms with Gasteiger partial charge in [0.25, 0.3) is 0 Å². The molecule has 26 heavy (non-hydrogen) atoms. The van der Waals surface area contributed by atoms with Gasteiger partial charge in [-0.15, -0.1) is 0 Å². The molecule has 0 spiro atoms. The smallest absolute Gasteiger partial charge is 0.173 e. The Morgan fingerprint density at radius 1 is 0.962 bits per heavy atom. The third kappa shape index (κ3) is 6.10. The molecular weight excluding hydrogens is 326 g/mol. The van der Waals surface area contributed by atoms with Crippen LogP contribution in [0.4, 0.5) is 0 Å². The number of hydrogen-bond donors (Lipinski definition) is 2. The lowest BCUT2D eigenvalue weighted by molar-refractivity contribution is -0.115. The van der Waals surface area contributed by atoms with Gasteiger partial charge in [-0.05, 0) is 48.6 Å². The molecule has 0 saturated heterocycles. The molecule has 4 heteroatoms. The van der Waals surface area contributed by atoms with Crippen molar-refractivity contribution in [2.45, 2.75) is 38.5 Å². The maximum atomic E-state index is 12.2. The van der Waals surface area contributed by atoms with Gasteiger partial charge in [0.05, 0.1) is 5.57 Å². The average molecular weight is 349 g/mol. The Hall–Kier alpha value is -3.06. The molecular formula is C22H23NO3. The van der Waals surface area contributed by atoms with Gasteiger partial charge in [0.1, 0.15) is 6.07 Å². The number of Topliss-reactive ketones (excluding diaryl/α,β-unsaturated/α-hetero) is 1. The van der Waals surface area contributed by atoms with Crippen LogP contribution >= 0.6 is 0 Å². The second kappa shape index (κ2) is 10.0. The van der Waals surface area contributed by atoms with Crippen LogP contribution in [0.2, 0.25) is 0 Å². The lowest BCUT2D eigenvalue weighted by atomic mass is 10.0. The van der Waals surface area contributed by atoms with E-state index in [0.717, 1.165) is 32.1 Å². The van der Waals surface area contributed by atoms with Gasteiger partial charge in [-0.1, -0.05) is 49.2 Å². The molecule has 0 aliphatic rings. The van der Waals surface area contributed by atoms with E-state index < -0.39 is 0 Å². The number of carbonyl (C=O) groups is 1. The van der Waals surface area contributed by atoms with Crippen LogP contribution in [0.5, 0.6) is 11.5 Å². The largest absolute Gasteiger partial charge is 0.504 e. The lowest BCUT2D eigenvalue weighted by Crippen LogP contribution is -2.00. The molecule has 0 aromatic heterocycles. The molecule has 0 radical (unpaired) electrons. The molecule has 0 bridgehead atoms. The summed E-state index contributed by atoms with van der Waals surface area (Å²) in [4.78, 5) is 12.2. The van der Waals surface area contributed by atoms with Gasteiger partial charge < -0.3 is 10.2 Å². The zero-order valence-corrected chi connectivity index (χ0v) is 14.7. The number of allylic oxidation sites excluding steroid dienone is 1. The SMILES string of the molecule is N#C/C(=C\c1ccc(O)c(O)c1)C(=O)CCCCCCc1ccccc1. The molecule has 2 aromatic carbocycles. The first-order chi connectivity index (χ1) is 12.6. The molecule has 0 fully saturated rings. The predicted octanol–water partition coefficient (Wildman–Crippen LogP) is 4.77. The number of aromatic hydroxyl groups is 2. The number of unbranched alkanes of at least 4 members (excludes halogenated alkanes) is 3. The highest BCUT2D eigenvalue weighted by Gasteiger charge is 2.09. The van der Waals surface area contributed by atoms with Crippen LogP contribution < -0.4 is 0 Å². The molecule has 0 aliphatic carbocycles. The summed E-state index contributed by atoms with van der Waals surface area (Å²) >= 11 is 0. The van der Waals surface area contributed by atoms with Gasteiger partial charge in [0.15, 0.2) is 17.3 Å². The summed E-state index contributed by atoms with van der Waals surface area (Å²) in [6.45, 7) is 0. The number of nitriles is 1. The third-order valence-corrected chi connectivity index (χ3v) is 4.19.